The predicted molar refractivity (Wildman–Crippen MR) is 82.6 cm³/mol. The Morgan fingerprint density at radius 3 is 1.73 bits per heavy atom. The van der Waals surface area contributed by atoms with Crippen molar-refractivity contribution in [3.05, 3.63) is 42.5 Å². The van der Waals surface area contributed by atoms with Crippen molar-refractivity contribution in [2.45, 2.75) is 39.8 Å². The van der Waals surface area contributed by atoms with E-state index in [4.69, 9.17) is 6.64 Å². The molecule has 1 heterocycles. The Bertz CT molecular complexity index is 639. The van der Waals surface area contributed by atoms with Crippen LogP contribution in [0.25, 0.3) is 0 Å². The molecule has 0 saturated heterocycles. The van der Waals surface area contributed by atoms with E-state index >= 15 is 0 Å². The normalized spacial score (nSPS) is 23.5. The van der Waals surface area contributed by atoms with Gasteiger partial charge in [0.05, 0.1) is 0 Å². The Kier molecular flexibility index (Phi) is 3.70. The molecule has 1 aliphatic heterocycles. The summed E-state index contributed by atoms with van der Waals surface area (Å²) in [7, 11) is -1.79. The van der Waals surface area contributed by atoms with Crippen molar-refractivity contribution < 1.29 is 33.6 Å². The number of carbonyl (C=O) groups excluding carboxylic acids is 2. The summed E-state index contributed by atoms with van der Waals surface area (Å²) in [5.74, 6) is -0.722. The first-order valence-electron chi connectivity index (χ1n) is 7.49. The van der Waals surface area contributed by atoms with Gasteiger partial charge in [0.2, 0.25) is 0 Å². The minimum atomic E-state index is -3.83. The molecule has 0 atom stereocenters. The zero-order chi connectivity index (χ0) is 16.1. The molecule has 116 valence electrons. The van der Waals surface area contributed by atoms with E-state index in [-0.39, 0.29) is 11.9 Å². The van der Waals surface area contributed by atoms with Gasteiger partial charge in [-0.15, -0.1) is 0 Å². The van der Waals surface area contributed by atoms with Gasteiger partial charge < -0.3 is 0 Å². The topological polar surface area (TPSA) is 52.6 Å². The van der Waals surface area contributed by atoms with E-state index in [1.807, 2.05) is 0 Å². The standard InChI is InChI=1S/C12H14Si.2C2H4O2.Ti/c1-13(2,11-7-3-4-8-11)12-9-5-6-10-12;2*1-2(3)4;/h3,5,7,9H,4,6H2,1-2H3;2*1H3,(H,3,4);/q;;;+2/p-2. The summed E-state index contributed by atoms with van der Waals surface area (Å²) < 4.78 is 13.9. The fourth-order valence-electron chi connectivity index (χ4n) is 3.80. The fourth-order valence-corrected chi connectivity index (χ4v) is 16.4. The van der Waals surface area contributed by atoms with Crippen LogP contribution >= 0.6 is 0 Å². The summed E-state index contributed by atoms with van der Waals surface area (Å²) >= 11 is -3.83. The van der Waals surface area contributed by atoms with Gasteiger partial charge in [0.15, 0.2) is 0 Å². The van der Waals surface area contributed by atoms with Gasteiger partial charge in [0.25, 0.3) is 0 Å². The van der Waals surface area contributed by atoms with Crippen LogP contribution in [-0.4, -0.2) is 20.0 Å². The van der Waals surface area contributed by atoms with E-state index in [2.05, 4.69) is 37.4 Å². The minimum absolute atomic E-state index is 0.361. The third kappa shape index (κ3) is 2.15. The summed E-state index contributed by atoms with van der Waals surface area (Å²) in [4.78, 5) is 23.6. The molecule has 4 nitrogen and oxygen atoms in total. The summed E-state index contributed by atoms with van der Waals surface area (Å²) in [6, 6.07) is 0. The number of allylic oxidation sites excluding steroid dienone is 8. The van der Waals surface area contributed by atoms with Gasteiger partial charge in [-0.3, -0.25) is 0 Å². The van der Waals surface area contributed by atoms with Crippen LogP contribution in [0, 0.1) is 0 Å². The van der Waals surface area contributed by atoms with Gasteiger partial charge in [-0.1, -0.05) is 0 Å². The second-order valence-corrected chi connectivity index (χ2v) is 15.2. The van der Waals surface area contributed by atoms with Crippen molar-refractivity contribution in [1.29, 1.82) is 0 Å². The van der Waals surface area contributed by atoms with Crippen LogP contribution in [-0.2, 0) is 33.6 Å². The second kappa shape index (κ2) is 5.18. The first-order valence-corrected chi connectivity index (χ1v) is 13.3. The molecule has 3 rings (SSSR count). The molecule has 0 aromatic heterocycles. The molecule has 0 saturated carbocycles. The molecule has 0 aromatic rings. The van der Waals surface area contributed by atoms with E-state index < -0.39 is 25.4 Å². The monoisotopic (exact) mass is 352 g/mol. The van der Waals surface area contributed by atoms with Crippen LogP contribution in [0.1, 0.15) is 26.7 Å². The molecule has 2 aliphatic carbocycles. The van der Waals surface area contributed by atoms with Crippen molar-refractivity contribution in [2.75, 3.05) is 0 Å². The molecular weight excluding hydrogens is 332 g/mol. The molecule has 3 aliphatic rings. The number of hydrogen-bond donors (Lipinski definition) is 0. The maximum atomic E-state index is 11.8. The van der Waals surface area contributed by atoms with Gasteiger partial charge >= 0.3 is 136 Å². The van der Waals surface area contributed by atoms with E-state index in [1.54, 1.807) is 0 Å². The molecule has 0 fully saturated rings. The average molecular weight is 352 g/mol. The molecule has 22 heavy (non-hydrogen) atoms. The summed E-state index contributed by atoms with van der Waals surface area (Å²) in [5.41, 5.74) is 0. The predicted octanol–water partition coefficient (Wildman–Crippen LogP) is 3.32. The van der Waals surface area contributed by atoms with Crippen LogP contribution in [0.4, 0.5) is 0 Å². The molecule has 0 spiro atoms. The summed E-state index contributed by atoms with van der Waals surface area (Å²) in [6.07, 6.45) is 10.0. The van der Waals surface area contributed by atoms with Crippen molar-refractivity contribution in [3.8, 4) is 0 Å². The summed E-state index contributed by atoms with van der Waals surface area (Å²) in [6.45, 7) is 7.44. The Balaban J connectivity index is 2.25. The Hall–Kier alpha value is -1.17. The third-order valence-corrected chi connectivity index (χ3v) is 14.7. The Morgan fingerprint density at radius 1 is 0.955 bits per heavy atom. The van der Waals surface area contributed by atoms with Crippen molar-refractivity contribution >= 4 is 20.0 Å². The van der Waals surface area contributed by atoms with E-state index in [0.717, 1.165) is 20.6 Å². The molecule has 0 N–H and O–H groups in total. The Labute approximate surface area is 135 Å². The first-order chi connectivity index (χ1) is 10.3. The zero-order valence-corrected chi connectivity index (χ0v) is 15.9. The molecule has 6 heteroatoms. The Morgan fingerprint density at radius 2 is 1.36 bits per heavy atom. The van der Waals surface area contributed by atoms with Crippen LogP contribution in [0.3, 0.4) is 0 Å². The van der Waals surface area contributed by atoms with Crippen LogP contribution in [0.2, 0.25) is 13.1 Å². The molecule has 0 radical (unpaired) electrons. The van der Waals surface area contributed by atoms with Gasteiger partial charge in [-0.05, 0) is 0 Å². The van der Waals surface area contributed by atoms with E-state index in [1.165, 1.54) is 24.2 Å². The second-order valence-electron chi connectivity index (χ2n) is 6.43. The van der Waals surface area contributed by atoms with Gasteiger partial charge in [-0.25, -0.2) is 0 Å². The average Bonchev–Trinajstić information content (AvgIpc) is 3.05. The van der Waals surface area contributed by atoms with Crippen LogP contribution in [0.15, 0.2) is 42.5 Å². The molecule has 0 bridgehead atoms. The van der Waals surface area contributed by atoms with Crippen molar-refractivity contribution in [3.63, 3.8) is 0 Å². The maximum absolute atomic E-state index is 11.8. The van der Waals surface area contributed by atoms with Crippen molar-refractivity contribution in [1.82, 2.24) is 0 Å². The quantitative estimate of drug-likeness (QED) is 0.716. The van der Waals surface area contributed by atoms with E-state index in [0.29, 0.717) is 0 Å². The third-order valence-electron chi connectivity index (χ3n) is 4.58. The number of rotatable bonds is 2. The van der Waals surface area contributed by atoms with Gasteiger partial charge in [0, 0.05) is 0 Å². The number of carbonyl (C=O) groups is 2. The molecule has 0 aromatic carbocycles. The zero-order valence-electron chi connectivity index (χ0n) is 13.4. The fraction of sp³-hybridized carbons (Fsp3) is 0.375. The van der Waals surface area contributed by atoms with Crippen LogP contribution < -0.4 is 0 Å². The van der Waals surface area contributed by atoms with Gasteiger partial charge in [0.1, 0.15) is 0 Å². The molecule has 0 amide bonds. The van der Waals surface area contributed by atoms with Crippen molar-refractivity contribution in [2.24, 2.45) is 0 Å². The SMILES string of the molecule is CC(=O)[O][Ti]1([O]C(C)=O)[C]2=C(C=CC2)[Si](C)(C)C2=[C]1CC=C2. The van der Waals surface area contributed by atoms with E-state index in [9.17, 15) is 9.59 Å². The number of hydrogen-bond acceptors (Lipinski definition) is 4. The van der Waals surface area contributed by atoms with Crippen LogP contribution in [0.5, 0.6) is 0 Å². The molecule has 0 unspecified atom stereocenters. The molecular formula is C16H20O4SiTi. The van der Waals surface area contributed by atoms with Gasteiger partial charge in [-0.2, -0.15) is 0 Å². The summed E-state index contributed by atoms with van der Waals surface area (Å²) in [5, 5.41) is 2.58. The first kappa shape index (κ1) is 15.7.